The van der Waals surface area contributed by atoms with E-state index < -0.39 is 0 Å². The molecule has 1 nitrogen and oxygen atoms in total. The van der Waals surface area contributed by atoms with Gasteiger partial charge in [-0.05, 0) is 12.1 Å². The van der Waals surface area contributed by atoms with E-state index in [0.29, 0.717) is 5.75 Å². The van der Waals surface area contributed by atoms with Crippen LogP contribution in [0.1, 0.15) is 0 Å². The highest BCUT2D eigenvalue weighted by Crippen LogP contribution is 2.02. The third-order valence-electron chi connectivity index (χ3n) is 1.76. The molecule has 1 radical (unpaired) electrons. The Morgan fingerprint density at radius 2 is 1.19 bits per heavy atom. The molecule has 0 aromatic heterocycles. The van der Waals surface area contributed by atoms with Crippen LogP contribution >= 0.6 is 0 Å². The summed E-state index contributed by atoms with van der Waals surface area (Å²) in [4.78, 5) is 0. The summed E-state index contributed by atoms with van der Waals surface area (Å²) in [7, 11) is 2.00. The lowest BCUT2D eigenvalue weighted by atomic mass is 9.78. The average molecular weight is 209 g/mol. The van der Waals surface area contributed by atoms with Gasteiger partial charge in [-0.2, -0.15) is 0 Å². The second-order valence-electron chi connectivity index (χ2n) is 3.07. The summed E-state index contributed by atoms with van der Waals surface area (Å²) in [5.41, 5.74) is 0. The molecule has 0 amide bonds. The van der Waals surface area contributed by atoms with Gasteiger partial charge >= 0.3 is 0 Å². The zero-order chi connectivity index (χ0) is 11.5. The zero-order valence-corrected chi connectivity index (χ0v) is 9.03. The SMILES string of the molecule is Oc1ccccc1.[B]1C=CC=CC=CC=C1. The molecule has 1 N–H and O–H groups in total. The first kappa shape index (κ1) is 12.1. The van der Waals surface area contributed by atoms with E-state index in [1.807, 2.05) is 61.8 Å². The smallest absolute Gasteiger partial charge is 0.171 e. The number of benzene rings is 1. The number of aromatic hydroxyl groups is 1. The molecule has 0 unspecified atom stereocenters. The molecule has 2 heteroatoms. The van der Waals surface area contributed by atoms with Gasteiger partial charge in [0, 0.05) is 0 Å². The van der Waals surface area contributed by atoms with Crippen LogP contribution in [0.25, 0.3) is 0 Å². The van der Waals surface area contributed by atoms with Gasteiger partial charge in [-0.25, -0.2) is 0 Å². The lowest BCUT2D eigenvalue weighted by Crippen LogP contribution is -1.72. The van der Waals surface area contributed by atoms with Crippen LogP contribution in [0.3, 0.4) is 0 Å². The van der Waals surface area contributed by atoms with Crippen molar-refractivity contribution >= 4 is 7.28 Å². The van der Waals surface area contributed by atoms with Crippen molar-refractivity contribution in [2.75, 3.05) is 0 Å². The van der Waals surface area contributed by atoms with Crippen molar-refractivity contribution in [1.29, 1.82) is 0 Å². The van der Waals surface area contributed by atoms with Crippen LogP contribution < -0.4 is 0 Å². The molecule has 0 spiro atoms. The predicted octanol–water partition coefficient (Wildman–Crippen LogP) is 3.24. The molecule has 0 atom stereocenters. The van der Waals surface area contributed by atoms with Gasteiger partial charge in [0.1, 0.15) is 5.75 Å². The Balaban J connectivity index is 0.000000165. The van der Waals surface area contributed by atoms with Gasteiger partial charge in [0.05, 0.1) is 0 Å². The maximum atomic E-state index is 8.63. The highest BCUT2D eigenvalue weighted by molar-refractivity contribution is 6.48. The van der Waals surface area contributed by atoms with E-state index in [1.165, 1.54) is 0 Å². The molecule has 0 fully saturated rings. The summed E-state index contributed by atoms with van der Waals surface area (Å²) < 4.78 is 0. The van der Waals surface area contributed by atoms with Crippen molar-refractivity contribution in [2.45, 2.75) is 0 Å². The number of hydrogen-bond acceptors (Lipinski definition) is 1. The third kappa shape index (κ3) is 6.49. The van der Waals surface area contributed by atoms with Crippen LogP contribution in [0.4, 0.5) is 0 Å². The minimum atomic E-state index is 0.322. The van der Waals surface area contributed by atoms with E-state index in [-0.39, 0.29) is 0 Å². The molecule has 79 valence electrons. The number of allylic oxidation sites excluding steroid dienone is 6. The van der Waals surface area contributed by atoms with Crippen LogP contribution in [0.5, 0.6) is 5.75 Å². The fourth-order valence-corrected chi connectivity index (χ4v) is 1.01. The third-order valence-corrected chi connectivity index (χ3v) is 1.76. The van der Waals surface area contributed by atoms with Gasteiger partial charge in [0.2, 0.25) is 0 Å². The molecule has 16 heavy (non-hydrogen) atoms. The number of para-hydroxylation sites is 1. The van der Waals surface area contributed by atoms with Crippen LogP contribution in [0, 0.1) is 0 Å². The average Bonchev–Trinajstić information content (AvgIpc) is 2.46. The second-order valence-corrected chi connectivity index (χ2v) is 3.07. The Bertz CT molecular complexity index is 368. The molecular formula is C14H14BO. The zero-order valence-electron chi connectivity index (χ0n) is 9.03. The molecule has 2 rings (SSSR count). The Hall–Kier alpha value is -1.96. The molecular weight excluding hydrogens is 195 g/mol. The summed E-state index contributed by atoms with van der Waals surface area (Å²) in [5, 5.41) is 8.63. The van der Waals surface area contributed by atoms with Crippen LogP contribution in [0.15, 0.2) is 78.7 Å². The maximum Gasteiger partial charge on any atom is 0.171 e. The van der Waals surface area contributed by atoms with Crippen molar-refractivity contribution < 1.29 is 5.11 Å². The quantitative estimate of drug-likeness (QED) is 0.650. The molecule has 1 aliphatic heterocycles. The largest absolute Gasteiger partial charge is 0.508 e. The summed E-state index contributed by atoms with van der Waals surface area (Å²) >= 11 is 0. The monoisotopic (exact) mass is 209 g/mol. The minimum Gasteiger partial charge on any atom is -0.508 e. The van der Waals surface area contributed by atoms with Crippen LogP contribution in [-0.4, -0.2) is 12.4 Å². The maximum absolute atomic E-state index is 8.63. The molecule has 1 aromatic rings. The molecule has 0 saturated carbocycles. The standard InChI is InChI=1S/C8H8B.C6H6O/c1-2-4-6-8-9-7-5-3-1;7-6-4-2-1-3-5-6/h1-8H;1-5,7H. The highest BCUT2D eigenvalue weighted by atomic mass is 16.3. The lowest BCUT2D eigenvalue weighted by Gasteiger charge is -1.82. The van der Waals surface area contributed by atoms with Crippen molar-refractivity contribution in [3.8, 4) is 5.75 Å². The first-order valence-corrected chi connectivity index (χ1v) is 5.13. The Labute approximate surface area is 97.4 Å². The number of rotatable bonds is 0. The van der Waals surface area contributed by atoms with E-state index in [1.54, 1.807) is 24.3 Å². The predicted molar refractivity (Wildman–Crippen MR) is 70.4 cm³/mol. The minimum absolute atomic E-state index is 0.322. The number of phenolic OH excluding ortho intramolecular Hbond substituents is 1. The normalized spacial score (nSPS) is 12.8. The van der Waals surface area contributed by atoms with Gasteiger partial charge in [0.15, 0.2) is 7.28 Å². The first-order chi connectivity index (χ1) is 7.89. The summed E-state index contributed by atoms with van der Waals surface area (Å²) in [5.74, 6) is 4.32. The van der Waals surface area contributed by atoms with E-state index in [0.717, 1.165) is 0 Å². The van der Waals surface area contributed by atoms with E-state index in [4.69, 9.17) is 5.11 Å². The Kier molecular flexibility index (Phi) is 6.33. The van der Waals surface area contributed by atoms with Gasteiger partial charge in [-0.3, -0.25) is 0 Å². The van der Waals surface area contributed by atoms with Gasteiger partial charge in [-0.15, -0.1) is 12.0 Å². The van der Waals surface area contributed by atoms with Crippen molar-refractivity contribution in [1.82, 2.24) is 0 Å². The van der Waals surface area contributed by atoms with Crippen molar-refractivity contribution in [2.24, 2.45) is 0 Å². The van der Waals surface area contributed by atoms with Gasteiger partial charge in [-0.1, -0.05) is 54.7 Å². The van der Waals surface area contributed by atoms with Crippen molar-refractivity contribution in [3.63, 3.8) is 0 Å². The molecule has 1 heterocycles. The lowest BCUT2D eigenvalue weighted by molar-refractivity contribution is 0.475. The van der Waals surface area contributed by atoms with Crippen molar-refractivity contribution in [3.05, 3.63) is 78.7 Å². The fourth-order valence-electron chi connectivity index (χ4n) is 1.01. The van der Waals surface area contributed by atoms with Crippen LogP contribution in [0.2, 0.25) is 0 Å². The fraction of sp³-hybridized carbons (Fsp3) is 0. The van der Waals surface area contributed by atoms with Gasteiger partial charge in [0.25, 0.3) is 0 Å². The second kappa shape index (κ2) is 8.36. The molecule has 1 aromatic carbocycles. The van der Waals surface area contributed by atoms with E-state index in [2.05, 4.69) is 0 Å². The van der Waals surface area contributed by atoms with E-state index >= 15 is 0 Å². The first-order valence-electron chi connectivity index (χ1n) is 5.13. The Morgan fingerprint density at radius 1 is 0.688 bits per heavy atom. The summed E-state index contributed by atoms with van der Waals surface area (Å²) in [6.45, 7) is 0. The highest BCUT2D eigenvalue weighted by Gasteiger charge is 1.75. The van der Waals surface area contributed by atoms with E-state index in [9.17, 15) is 0 Å². The number of hydrogen-bond donors (Lipinski definition) is 1. The molecule has 0 aliphatic carbocycles. The topological polar surface area (TPSA) is 20.2 Å². The molecule has 0 bridgehead atoms. The number of phenols is 1. The molecule has 0 saturated heterocycles. The Morgan fingerprint density at radius 3 is 1.62 bits per heavy atom. The summed E-state index contributed by atoms with van der Waals surface area (Å²) in [6, 6.07) is 8.71. The summed E-state index contributed by atoms with van der Waals surface area (Å²) in [6.07, 6.45) is 12.0. The van der Waals surface area contributed by atoms with Gasteiger partial charge < -0.3 is 5.11 Å². The van der Waals surface area contributed by atoms with Crippen LogP contribution in [-0.2, 0) is 0 Å². The molecule has 1 aliphatic rings.